The average Bonchev–Trinajstić information content (AvgIpc) is 2.43. The first-order valence-electron chi connectivity index (χ1n) is 7.17. The van der Waals surface area contributed by atoms with E-state index in [-0.39, 0.29) is 24.2 Å². The van der Waals surface area contributed by atoms with Gasteiger partial charge in [0.25, 0.3) is 0 Å². The molecule has 0 aliphatic carbocycles. The van der Waals surface area contributed by atoms with Gasteiger partial charge in [-0.3, -0.25) is 9.10 Å². The summed E-state index contributed by atoms with van der Waals surface area (Å²) < 4.78 is 30.4. The van der Waals surface area contributed by atoms with Gasteiger partial charge in [0.05, 0.1) is 19.1 Å². The summed E-state index contributed by atoms with van der Waals surface area (Å²) in [6.45, 7) is 5.47. The van der Waals surface area contributed by atoms with Gasteiger partial charge in [-0.15, -0.1) is 0 Å². The third kappa shape index (κ3) is 5.58. The lowest BCUT2D eigenvalue weighted by Crippen LogP contribution is -2.44. The molecular weight excluding hydrogens is 340 g/mol. The number of methoxy groups -OCH3 is 1. The van der Waals surface area contributed by atoms with Crippen LogP contribution in [0.2, 0.25) is 5.02 Å². The minimum Gasteiger partial charge on any atom is -0.495 e. The molecule has 0 spiro atoms. The number of nitrogens with one attached hydrogen (secondary N) is 1. The molecular formula is C15H23ClN2O4S. The quantitative estimate of drug-likeness (QED) is 0.807. The van der Waals surface area contributed by atoms with E-state index < -0.39 is 15.9 Å². The number of hydrogen-bond acceptors (Lipinski definition) is 4. The first-order chi connectivity index (χ1) is 10.6. The molecule has 130 valence electrons. The lowest BCUT2D eigenvalue weighted by Gasteiger charge is -2.25. The minimum atomic E-state index is -3.68. The number of sulfonamides is 1. The maximum atomic E-state index is 12.2. The van der Waals surface area contributed by atoms with Gasteiger partial charge in [-0.1, -0.05) is 25.4 Å². The Balaban J connectivity index is 3.13. The predicted octanol–water partition coefficient (Wildman–Crippen LogP) is 2.28. The third-order valence-corrected chi connectivity index (χ3v) is 4.85. The van der Waals surface area contributed by atoms with Crippen molar-refractivity contribution in [2.24, 2.45) is 5.92 Å². The SMILES string of the molecule is COc1ccc(Cl)cc1N(CC(=O)N[C@H](C)C(C)C)S(C)(=O)=O. The van der Waals surface area contributed by atoms with Gasteiger partial charge in [-0.25, -0.2) is 8.42 Å². The van der Waals surface area contributed by atoms with Crippen LogP contribution < -0.4 is 14.4 Å². The fourth-order valence-electron chi connectivity index (χ4n) is 1.84. The van der Waals surface area contributed by atoms with Crippen LogP contribution in [0, 0.1) is 5.92 Å². The molecule has 1 amide bonds. The van der Waals surface area contributed by atoms with Crippen LogP contribution >= 0.6 is 11.6 Å². The van der Waals surface area contributed by atoms with Gasteiger partial charge in [0.15, 0.2) is 0 Å². The number of hydrogen-bond donors (Lipinski definition) is 1. The summed E-state index contributed by atoms with van der Waals surface area (Å²) in [6, 6.07) is 4.54. The molecule has 23 heavy (non-hydrogen) atoms. The fraction of sp³-hybridized carbons (Fsp3) is 0.533. The highest BCUT2D eigenvalue weighted by Gasteiger charge is 2.25. The molecule has 0 fully saturated rings. The summed E-state index contributed by atoms with van der Waals surface area (Å²) in [5, 5.41) is 3.14. The van der Waals surface area contributed by atoms with Crippen LogP contribution in [0.25, 0.3) is 0 Å². The second-order valence-electron chi connectivity index (χ2n) is 5.69. The van der Waals surface area contributed by atoms with Crippen LogP contribution in [0.3, 0.4) is 0 Å². The van der Waals surface area contributed by atoms with Gasteiger partial charge >= 0.3 is 0 Å². The van der Waals surface area contributed by atoms with Gasteiger partial charge in [-0.2, -0.15) is 0 Å². The molecule has 1 aromatic rings. The van der Waals surface area contributed by atoms with Crippen LogP contribution in [0.1, 0.15) is 20.8 Å². The zero-order valence-electron chi connectivity index (χ0n) is 14.0. The Hall–Kier alpha value is -1.47. The second-order valence-corrected chi connectivity index (χ2v) is 8.03. The number of anilines is 1. The van der Waals surface area contributed by atoms with Crippen molar-refractivity contribution < 1.29 is 17.9 Å². The Morgan fingerprint density at radius 1 is 1.35 bits per heavy atom. The molecule has 0 aliphatic heterocycles. The Morgan fingerprint density at radius 2 is 1.96 bits per heavy atom. The number of benzene rings is 1. The molecule has 0 saturated carbocycles. The highest BCUT2D eigenvalue weighted by Crippen LogP contribution is 2.32. The van der Waals surface area contributed by atoms with Gasteiger partial charge in [-0.05, 0) is 31.0 Å². The van der Waals surface area contributed by atoms with Crippen LogP contribution in [0.5, 0.6) is 5.75 Å². The van der Waals surface area contributed by atoms with E-state index in [1.165, 1.54) is 13.2 Å². The average molecular weight is 363 g/mol. The molecule has 0 bridgehead atoms. The van der Waals surface area contributed by atoms with Crippen molar-refractivity contribution in [3.63, 3.8) is 0 Å². The van der Waals surface area contributed by atoms with Crippen molar-refractivity contribution in [1.29, 1.82) is 0 Å². The van der Waals surface area contributed by atoms with Crippen molar-refractivity contribution in [2.75, 3.05) is 24.2 Å². The lowest BCUT2D eigenvalue weighted by atomic mass is 10.1. The Labute approximate surface area is 142 Å². The zero-order chi connectivity index (χ0) is 17.8. The maximum absolute atomic E-state index is 12.2. The van der Waals surface area contributed by atoms with E-state index in [9.17, 15) is 13.2 Å². The van der Waals surface area contributed by atoms with E-state index in [2.05, 4.69) is 5.32 Å². The summed E-state index contributed by atoms with van der Waals surface area (Å²) in [5.74, 6) is 0.175. The summed E-state index contributed by atoms with van der Waals surface area (Å²) in [5.41, 5.74) is 0.231. The Kier molecular flexibility index (Phi) is 6.70. The van der Waals surface area contributed by atoms with Crippen LogP contribution in [0.4, 0.5) is 5.69 Å². The number of nitrogens with zero attached hydrogens (tertiary/aromatic N) is 1. The minimum absolute atomic E-state index is 0.0647. The molecule has 8 heteroatoms. The van der Waals surface area contributed by atoms with E-state index >= 15 is 0 Å². The van der Waals surface area contributed by atoms with E-state index in [4.69, 9.17) is 16.3 Å². The van der Waals surface area contributed by atoms with Gasteiger partial charge in [0.2, 0.25) is 15.9 Å². The summed E-state index contributed by atoms with van der Waals surface area (Å²) >= 11 is 5.95. The van der Waals surface area contributed by atoms with Crippen molar-refractivity contribution in [3.8, 4) is 5.75 Å². The normalized spacial score (nSPS) is 12.8. The predicted molar refractivity (Wildman–Crippen MR) is 92.6 cm³/mol. The van der Waals surface area contributed by atoms with E-state index in [1.807, 2.05) is 20.8 Å². The van der Waals surface area contributed by atoms with E-state index in [0.29, 0.717) is 10.8 Å². The fourth-order valence-corrected chi connectivity index (χ4v) is 2.85. The number of carbonyl (C=O) groups is 1. The van der Waals surface area contributed by atoms with Gasteiger partial charge in [0, 0.05) is 11.1 Å². The van der Waals surface area contributed by atoms with Gasteiger partial charge < -0.3 is 10.1 Å². The molecule has 1 N–H and O–H groups in total. The van der Waals surface area contributed by atoms with Crippen LogP contribution in [0.15, 0.2) is 18.2 Å². The number of rotatable bonds is 7. The van der Waals surface area contributed by atoms with Crippen molar-refractivity contribution in [2.45, 2.75) is 26.8 Å². The van der Waals surface area contributed by atoms with Crippen LogP contribution in [-0.2, 0) is 14.8 Å². The largest absolute Gasteiger partial charge is 0.495 e. The molecule has 0 aromatic heterocycles. The monoisotopic (exact) mass is 362 g/mol. The number of carbonyl (C=O) groups excluding carboxylic acids is 1. The van der Waals surface area contributed by atoms with E-state index in [0.717, 1.165) is 10.6 Å². The lowest BCUT2D eigenvalue weighted by molar-refractivity contribution is -0.120. The molecule has 6 nitrogen and oxygen atoms in total. The maximum Gasteiger partial charge on any atom is 0.240 e. The molecule has 0 unspecified atom stereocenters. The molecule has 0 radical (unpaired) electrons. The van der Waals surface area contributed by atoms with Gasteiger partial charge in [0.1, 0.15) is 12.3 Å². The second kappa shape index (κ2) is 7.88. The smallest absolute Gasteiger partial charge is 0.240 e. The Bertz CT molecular complexity index is 661. The number of halogens is 1. The summed E-state index contributed by atoms with van der Waals surface area (Å²) in [7, 11) is -2.26. The molecule has 0 heterocycles. The molecule has 1 aromatic carbocycles. The molecule has 0 aliphatic rings. The third-order valence-electron chi connectivity index (χ3n) is 3.49. The first-order valence-corrected chi connectivity index (χ1v) is 9.39. The Morgan fingerprint density at radius 3 is 2.43 bits per heavy atom. The van der Waals surface area contributed by atoms with Crippen molar-refractivity contribution in [1.82, 2.24) is 5.32 Å². The first kappa shape index (κ1) is 19.6. The highest BCUT2D eigenvalue weighted by atomic mass is 35.5. The zero-order valence-corrected chi connectivity index (χ0v) is 15.5. The highest BCUT2D eigenvalue weighted by molar-refractivity contribution is 7.92. The number of ether oxygens (including phenoxy) is 1. The van der Waals surface area contributed by atoms with Crippen LogP contribution in [-0.4, -0.2) is 40.3 Å². The van der Waals surface area contributed by atoms with Crippen molar-refractivity contribution >= 4 is 33.2 Å². The summed E-state index contributed by atoms with van der Waals surface area (Å²) in [6.07, 6.45) is 1.03. The van der Waals surface area contributed by atoms with Crippen molar-refractivity contribution in [3.05, 3.63) is 23.2 Å². The summed E-state index contributed by atoms with van der Waals surface area (Å²) in [4.78, 5) is 12.2. The molecule has 1 atom stereocenters. The van der Waals surface area contributed by atoms with E-state index in [1.54, 1.807) is 12.1 Å². The molecule has 0 saturated heterocycles. The number of amides is 1. The standard InChI is InChI=1S/C15H23ClN2O4S/c1-10(2)11(3)17-15(19)9-18(23(5,20)21)13-8-12(16)6-7-14(13)22-4/h6-8,10-11H,9H2,1-5H3,(H,17,19)/t11-/m1/s1. The molecule has 1 rings (SSSR count). The topological polar surface area (TPSA) is 75.7 Å².